The Kier molecular flexibility index (Phi) is 3.93. The van der Waals surface area contributed by atoms with Crippen LogP contribution in [-0.2, 0) is 4.79 Å². The Morgan fingerprint density at radius 1 is 1.30 bits per heavy atom. The molecule has 0 fully saturated rings. The first-order valence-electron chi connectivity index (χ1n) is 6.83. The van der Waals surface area contributed by atoms with Gasteiger partial charge in [-0.3, -0.25) is 0 Å². The predicted molar refractivity (Wildman–Crippen MR) is 80.9 cm³/mol. The Balaban J connectivity index is 2.72. The molecule has 106 valence electrons. The fraction of sp³-hybridized carbons (Fsp3) is 0.375. The van der Waals surface area contributed by atoms with Crippen LogP contribution in [0, 0.1) is 0 Å². The fourth-order valence-electron chi connectivity index (χ4n) is 2.43. The van der Waals surface area contributed by atoms with Crippen molar-refractivity contribution in [2.24, 2.45) is 0 Å². The number of hydrogen-bond acceptors (Lipinski definition) is 2. The lowest BCUT2D eigenvalue weighted by Crippen LogP contribution is -2.03. The lowest BCUT2D eigenvalue weighted by molar-refractivity contribution is -0.131. The van der Waals surface area contributed by atoms with E-state index >= 15 is 0 Å². The summed E-state index contributed by atoms with van der Waals surface area (Å²) >= 11 is 0. The minimum Gasteiger partial charge on any atom is -0.478 e. The number of carboxylic acid groups (broad SMARTS) is 1. The van der Waals surface area contributed by atoms with E-state index in [1.807, 2.05) is 12.1 Å². The molecule has 1 heterocycles. The summed E-state index contributed by atoms with van der Waals surface area (Å²) in [5.74, 6) is 0.104. The molecule has 0 atom stereocenters. The summed E-state index contributed by atoms with van der Waals surface area (Å²) in [6, 6.07) is 6.36. The highest BCUT2D eigenvalue weighted by atomic mass is 16.4. The molecule has 0 unspecified atom stereocenters. The van der Waals surface area contributed by atoms with Gasteiger partial charge in [0.2, 0.25) is 0 Å². The standard InChI is InChI=1S/C16H20N2O2/c1-10(2)12-6-5-7-13-16(12)17-14(8-9-15(19)20)18(13)11(3)4/h5-11H,1-4H3,(H,19,20)/b9-8+. The molecule has 1 aromatic heterocycles. The van der Waals surface area contributed by atoms with Gasteiger partial charge in [-0.15, -0.1) is 0 Å². The van der Waals surface area contributed by atoms with Gasteiger partial charge < -0.3 is 9.67 Å². The number of rotatable bonds is 4. The number of nitrogens with zero attached hydrogens (tertiary/aromatic N) is 2. The molecule has 1 N–H and O–H groups in total. The van der Waals surface area contributed by atoms with Crippen LogP contribution in [0.4, 0.5) is 0 Å². The maximum atomic E-state index is 10.7. The number of aliphatic carboxylic acids is 1. The van der Waals surface area contributed by atoms with Crippen molar-refractivity contribution in [3.8, 4) is 0 Å². The molecule has 0 aliphatic carbocycles. The monoisotopic (exact) mass is 272 g/mol. The van der Waals surface area contributed by atoms with Crippen LogP contribution in [0.2, 0.25) is 0 Å². The quantitative estimate of drug-likeness (QED) is 0.860. The zero-order valence-corrected chi connectivity index (χ0v) is 12.3. The molecule has 0 saturated carbocycles. The highest BCUT2D eigenvalue weighted by molar-refractivity contribution is 5.87. The van der Waals surface area contributed by atoms with Crippen molar-refractivity contribution >= 4 is 23.1 Å². The third-order valence-corrected chi connectivity index (χ3v) is 3.29. The fourth-order valence-corrected chi connectivity index (χ4v) is 2.43. The van der Waals surface area contributed by atoms with Crippen molar-refractivity contribution in [3.05, 3.63) is 35.7 Å². The third-order valence-electron chi connectivity index (χ3n) is 3.29. The van der Waals surface area contributed by atoms with Gasteiger partial charge in [0.25, 0.3) is 0 Å². The third kappa shape index (κ3) is 2.59. The Labute approximate surface area is 118 Å². The first-order chi connectivity index (χ1) is 9.41. The number of carboxylic acids is 1. The van der Waals surface area contributed by atoms with E-state index in [0.29, 0.717) is 11.7 Å². The van der Waals surface area contributed by atoms with Crippen LogP contribution in [0.25, 0.3) is 17.1 Å². The normalized spacial score (nSPS) is 12.1. The highest BCUT2D eigenvalue weighted by Gasteiger charge is 2.15. The van der Waals surface area contributed by atoms with Gasteiger partial charge in [-0.25, -0.2) is 9.78 Å². The van der Waals surface area contributed by atoms with Crippen LogP contribution >= 0.6 is 0 Å². The largest absolute Gasteiger partial charge is 0.478 e. The van der Waals surface area contributed by atoms with Gasteiger partial charge in [-0.05, 0) is 37.5 Å². The average molecular weight is 272 g/mol. The molecule has 1 aromatic carbocycles. The molecule has 4 nitrogen and oxygen atoms in total. The summed E-state index contributed by atoms with van der Waals surface area (Å²) in [4.78, 5) is 15.4. The summed E-state index contributed by atoms with van der Waals surface area (Å²) < 4.78 is 2.07. The van der Waals surface area contributed by atoms with Crippen LogP contribution in [0.3, 0.4) is 0 Å². The van der Waals surface area contributed by atoms with E-state index in [9.17, 15) is 4.79 Å². The molecule has 20 heavy (non-hydrogen) atoms. The van der Waals surface area contributed by atoms with Crippen LogP contribution < -0.4 is 0 Å². The number of benzene rings is 1. The van der Waals surface area contributed by atoms with Gasteiger partial charge >= 0.3 is 5.97 Å². The highest BCUT2D eigenvalue weighted by Crippen LogP contribution is 2.28. The van der Waals surface area contributed by atoms with Crippen molar-refractivity contribution < 1.29 is 9.90 Å². The zero-order chi connectivity index (χ0) is 14.9. The smallest absolute Gasteiger partial charge is 0.328 e. The molecule has 2 rings (SSSR count). The number of aromatic nitrogens is 2. The molecule has 0 spiro atoms. The van der Waals surface area contributed by atoms with E-state index < -0.39 is 5.97 Å². The maximum absolute atomic E-state index is 10.7. The second kappa shape index (κ2) is 5.49. The molecule has 0 radical (unpaired) electrons. The number of para-hydroxylation sites is 1. The van der Waals surface area contributed by atoms with Crippen molar-refractivity contribution in [1.29, 1.82) is 0 Å². The van der Waals surface area contributed by atoms with E-state index in [1.165, 1.54) is 5.56 Å². The van der Waals surface area contributed by atoms with Crippen molar-refractivity contribution in [1.82, 2.24) is 9.55 Å². The van der Waals surface area contributed by atoms with Crippen LogP contribution in [0.1, 0.15) is 51.0 Å². The van der Waals surface area contributed by atoms with Gasteiger partial charge in [0.05, 0.1) is 11.0 Å². The van der Waals surface area contributed by atoms with Gasteiger partial charge in [0.15, 0.2) is 0 Å². The summed E-state index contributed by atoms with van der Waals surface area (Å²) in [5, 5.41) is 8.80. The van der Waals surface area contributed by atoms with Crippen molar-refractivity contribution in [2.45, 2.75) is 39.7 Å². The second-order valence-corrected chi connectivity index (χ2v) is 5.47. The zero-order valence-electron chi connectivity index (χ0n) is 12.3. The average Bonchev–Trinajstić information content (AvgIpc) is 2.73. The molecular weight excluding hydrogens is 252 g/mol. The first-order valence-corrected chi connectivity index (χ1v) is 6.83. The molecular formula is C16H20N2O2. The lowest BCUT2D eigenvalue weighted by atomic mass is 10.0. The second-order valence-electron chi connectivity index (χ2n) is 5.47. The summed E-state index contributed by atoms with van der Waals surface area (Å²) in [5.41, 5.74) is 3.20. The Hall–Kier alpha value is -2.10. The number of carbonyl (C=O) groups is 1. The number of fused-ring (bicyclic) bond motifs is 1. The van der Waals surface area contributed by atoms with Crippen molar-refractivity contribution in [2.75, 3.05) is 0 Å². The van der Waals surface area contributed by atoms with Gasteiger partial charge in [0, 0.05) is 12.1 Å². The Bertz CT molecular complexity index is 666. The molecule has 0 aliphatic heterocycles. The minimum absolute atomic E-state index is 0.218. The molecule has 0 bridgehead atoms. The van der Waals surface area contributed by atoms with Gasteiger partial charge in [-0.1, -0.05) is 26.0 Å². The van der Waals surface area contributed by atoms with Crippen LogP contribution in [-0.4, -0.2) is 20.6 Å². The molecule has 0 saturated heterocycles. The molecule has 0 aliphatic rings. The summed E-state index contributed by atoms with van der Waals surface area (Å²) in [6.45, 7) is 8.41. The molecule has 2 aromatic rings. The summed E-state index contributed by atoms with van der Waals surface area (Å²) in [6.07, 6.45) is 2.70. The van der Waals surface area contributed by atoms with E-state index in [-0.39, 0.29) is 6.04 Å². The molecule has 4 heteroatoms. The van der Waals surface area contributed by atoms with Crippen molar-refractivity contribution in [3.63, 3.8) is 0 Å². The Morgan fingerprint density at radius 3 is 2.55 bits per heavy atom. The van der Waals surface area contributed by atoms with Gasteiger partial charge in [0.1, 0.15) is 5.82 Å². The van der Waals surface area contributed by atoms with E-state index in [0.717, 1.165) is 17.1 Å². The van der Waals surface area contributed by atoms with E-state index in [4.69, 9.17) is 5.11 Å². The predicted octanol–water partition coefficient (Wildman–Crippen LogP) is 3.84. The Morgan fingerprint density at radius 2 is 2.00 bits per heavy atom. The topological polar surface area (TPSA) is 55.1 Å². The first kappa shape index (κ1) is 14.3. The maximum Gasteiger partial charge on any atom is 0.328 e. The van der Waals surface area contributed by atoms with E-state index in [2.05, 4.69) is 43.3 Å². The minimum atomic E-state index is -0.962. The number of imidazole rings is 1. The molecule has 0 amide bonds. The van der Waals surface area contributed by atoms with E-state index in [1.54, 1.807) is 6.08 Å². The lowest BCUT2D eigenvalue weighted by Gasteiger charge is -2.11. The SMILES string of the molecule is CC(C)c1cccc2c1nc(/C=C/C(=O)O)n2C(C)C. The number of hydrogen-bond donors (Lipinski definition) is 1. The van der Waals surface area contributed by atoms with Gasteiger partial charge in [-0.2, -0.15) is 0 Å². The summed E-state index contributed by atoms with van der Waals surface area (Å²) in [7, 11) is 0. The van der Waals surface area contributed by atoms with Crippen LogP contribution in [0.15, 0.2) is 24.3 Å². The van der Waals surface area contributed by atoms with Crippen LogP contribution in [0.5, 0.6) is 0 Å².